The van der Waals surface area contributed by atoms with Crippen molar-refractivity contribution < 1.29 is 14.6 Å². The Morgan fingerprint density at radius 3 is 2.76 bits per heavy atom. The highest BCUT2D eigenvalue weighted by atomic mass is 16.5. The molecule has 3 unspecified atom stereocenters. The van der Waals surface area contributed by atoms with Gasteiger partial charge in [0.15, 0.2) is 5.82 Å². The van der Waals surface area contributed by atoms with Crippen LogP contribution >= 0.6 is 0 Å². The first kappa shape index (κ1) is 26.8. The molecule has 3 saturated heterocycles. The summed E-state index contributed by atoms with van der Waals surface area (Å²) in [6.45, 7) is 3.71. The van der Waals surface area contributed by atoms with Crippen LogP contribution in [0.2, 0.25) is 0 Å². The van der Waals surface area contributed by atoms with Gasteiger partial charge in [0, 0.05) is 56.2 Å². The van der Waals surface area contributed by atoms with Crippen LogP contribution in [0.3, 0.4) is 0 Å². The predicted molar refractivity (Wildman–Crippen MR) is 156 cm³/mol. The number of pyridine rings is 1. The van der Waals surface area contributed by atoms with E-state index in [9.17, 15) is 9.90 Å². The van der Waals surface area contributed by atoms with Crippen molar-refractivity contribution >= 4 is 23.1 Å². The quantitative estimate of drug-likeness (QED) is 0.399. The molecular formula is C30H34N8O3. The summed E-state index contributed by atoms with van der Waals surface area (Å²) in [6.07, 6.45) is 3.97. The average Bonchev–Trinajstić information content (AvgIpc) is 3.27. The largest absolute Gasteiger partial charge is 0.507 e. The average molecular weight is 555 g/mol. The van der Waals surface area contributed by atoms with E-state index >= 15 is 0 Å². The van der Waals surface area contributed by atoms with E-state index in [1.165, 1.54) is 0 Å². The number of fused-ring (bicyclic) bond motifs is 2. The number of likely N-dealkylation sites (N-methyl/N-ethyl adjacent to an activating group) is 1. The fraction of sp³-hybridized carbons (Fsp3) is 0.400. The molecule has 1 amide bonds. The fourth-order valence-corrected chi connectivity index (χ4v) is 6.10. The molecule has 2 bridgehead atoms. The maximum absolute atomic E-state index is 12.2. The van der Waals surface area contributed by atoms with Gasteiger partial charge in [-0.3, -0.25) is 9.69 Å². The summed E-state index contributed by atoms with van der Waals surface area (Å²) < 4.78 is 5.49. The third-order valence-corrected chi connectivity index (χ3v) is 8.13. The van der Waals surface area contributed by atoms with Crippen molar-refractivity contribution in [1.82, 2.24) is 25.4 Å². The number of nitrogen functional groups attached to an aromatic ring is 1. The number of piperazine rings is 1. The van der Waals surface area contributed by atoms with E-state index in [4.69, 9.17) is 10.5 Å². The lowest BCUT2D eigenvalue weighted by molar-refractivity contribution is -0.131. The number of aromatic nitrogens is 3. The molecule has 0 spiro atoms. The van der Waals surface area contributed by atoms with Gasteiger partial charge in [0.1, 0.15) is 17.5 Å². The van der Waals surface area contributed by atoms with Gasteiger partial charge in [-0.15, -0.1) is 10.2 Å². The molecule has 6 rings (SSSR count). The number of ether oxygens (including phenoxy) is 1. The van der Waals surface area contributed by atoms with Gasteiger partial charge in [0.25, 0.3) is 0 Å². The molecule has 3 aliphatic heterocycles. The number of phenols is 1. The molecule has 0 radical (unpaired) electrons. The highest BCUT2D eigenvalue weighted by molar-refractivity contribution is 5.81. The number of morpholine rings is 1. The Labute approximate surface area is 239 Å². The van der Waals surface area contributed by atoms with Crippen molar-refractivity contribution in [3.63, 3.8) is 0 Å². The maximum Gasteiger partial charge on any atom is 0.239 e. The smallest absolute Gasteiger partial charge is 0.239 e. The number of phenolic OH excluding ortho intramolecular Hbond substituents is 1. The number of nitrogens with one attached hydrogen (secondary N) is 1. The minimum atomic E-state index is -0.326. The standard InChI is InChI=1S/C30H34N8O3/c1-32-30(40)27-19-41-14-13-36(27)12-4-5-20-15-21(10-11-33-20)38-22-8-9-23(38)18-37(17-22)26-16-25(34-35-29(26)31)24-6-2-3-7-28(24)39/h2-3,6-7,10-11,15-16,22-23,27,39H,8-9,12-14,17-19H2,1H3,(H2,31,35)(H,32,40). The molecule has 4 N–H and O–H groups in total. The van der Waals surface area contributed by atoms with Crippen LogP contribution in [-0.2, 0) is 9.53 Å². The minimum Gasteiger partial charge on any atom is -0.507 e. The van der Waals surface area contributed by atoms with Crippen LogP contribution < -0.4 is 20.9 Å². The van der Waals surface area contributed by atoms with Crippen LogP contribution in [0.15, 0.2) is 48.7 Å². The zero-order chi connectivity index (χ0) is 28.3. The lowest BCUT2D eigenvalue weighted by atomic mass is 10.1. The molecule has 41 heavy (non-hydrogen) atoms. The zero-order valence-electron chi connectivity index (χ0n) is 23.0. The highest BCUT2D eigenvalue weighted by Gasteiger charge is 2.41. The van der Waals surface area contributed by atoms with E-state index in [1.54, 1.807) is 19.2 Å². The number of rotatable bonds is 5. The lowest BCUT2D eigenvalue weighted by Crippen LogP contribution is -2.54. The topological polar surface area (TPSA) is 133 Å². The van der Waals surface area contributed by atoms with Crippen molar-refractivity contribution in [1.29, 1.82) is 0 Å². The third-order valence-electron chi connectivity index (χ3n) is 8.13. The van der Waals surface area contributed by atoms with Crippen molar-refractivity contribution in [2.24, 2.45) is 0 Å². The molecular weight excluding hydrogens is 520 g/mol. The van der Waals surface area contributed by atoms with Crippen molar-refractivity contribution in [2.75, 3.05) is 62.0 Å². The second-order valence-corrected chi connectivity index (χ2v) is 10.6. The monoisotopic (exact) mass is 554 g/mol. The Bertz CT molecular complexity index is 1470. The second-order valence-electron chi connectivity index (χ2n) is 10.6. The molecule has 11 nitrogen and oxygen atoms in total. The first-order valence-corrected chi connectivity index (χ1v) is 13.9. The molecule has 5 heterocycles. The van der Waals surface area contributed by atoms with E-state index in [1.807, 2.05) is 35.4 Å². The summed E-state index contributed by atoms with van der Waals surface area (Å²) in [6, 6.07) is 13.4. The van der Waals surface area contributed by atoms with Gasteiger partial charge in [-0.1, -0.05) is 18.1 Å². The van der Waals surface area contributed by atoms with Gasteiger partial charge in [0.2, 0.25) is 5.91 Å². The molecule has 2 aromatic heterocycles. The van der Waals surface area contributed by atoms with Gasteiger partial charge >= 0.3 is 0 Å². The number of anilines is 3. The number of benzene rings is 1. The molecule has 3 aromatic rings. The summed E-state index contributed by atoms with van der Waals surface area (Å²) >= 11 is 0. The van der Waals surface area contributed by atoms with E-state index in [0.717, 1.165) is 37.3 Å². The number of aromatic hydroxyl groups is 1. The molecule has 3 fully saturated rings. The van der Waals surface area contributed by atoms with E-state index < -0.39 is 0 Å². The molecule has 0 aliphatic carbocycles. The summed E-state index contributed by atoms with van der Waals surface area (Å²) in [4.78, 5) is 23.5. The lowest BCUT2D eigenvalue weighted by Gasteiger charge is -2.43. The highest BCUT2D eigenvalue weighted by Crippen LogP contribution is 2.39. The first-order valence-electron chi connectivity index (χ1n) is 13.9. The van der Waals surface area contributed by atoms with E-state index in [0.29, 0.717) is 61.2 Å². The Kier molecular flexibility index (Phi) is 7.59. The van der Waals surface area contributed by atoms with Gasteiger partial charge in [-0.2, -0.15) is 0 Å². The normalized spacial score (nSPS) is 22.2. The van der Waals surface area contributed by atoms with Crippen molar-refractivity contribution in [2.45, 2.75) is 31.0 Å². The number of nitrogens with two attached hydrogens (primary N) is 1. The van der Waals surface area contributed by atoms with Gasteiger partial charge in [0.05, 0.1) is 31.1 Å². The number of carbonyl (C=O) groups is 1. The Hall–Kier alpha value is -4.40. The summed E-state index contributed by atoms with van der Waals surface area (Å²) in [5.41, 5.74) is 10.2. The maximum atomic E-state index is 12.2. The molecule has 11 heteroatoms. The number of carbonyl (C=O) groups excluding carboxylic acids is 1. The van der Waals surface area contributed by atoms with Gasteiger partial charge in [-0.05, 0) is 49.1 Å². The second kappa shape index (κ2) is 11.6. The molecule has 0 saturated carbocycles. The summed E-state index contributed by atoms with van der Waals surface area (Å²) in [5.74, 6) is 6.91. The summed E-state index contributed by atoms with van der Waals surface area (Å²) in [5, 5.41) is 21.5. The van der Waals surface area contributed by atoms with Crippen molar-refractivity contribution in [3.05, 3.63) is 54.4 Å². The van der Waals surface area contributed by atoms with Crippen LogP contribution in [0.1, 0.15) is 18.5 Å². The Morgan fingerprint density at radius 1 is 1.17 bits per heavy atom. The number of para-hydroxylation sites is 1. The minimum absolute atomic E-state index is 0.0556. The molecule has 1 aromatic carbocycles. The van der Waals surface area contributed by atoms with Crippen molar-refractivity contribution in [3.8, 4) is 28.8 Å². The van der Waals surface area contributed by atoms with Gasteiger partial charge < -0.3 is 30.7 Å². The van der Waals surface area contributed by atoms with Gasteiger partial charge in [-0.25, -0.2) is 4.98 Å². The first-order chi connectivity index (χ1) is 20.0. The number of hydrogen-bond donors (Lipinski definition) is 3. The predicted octanol–water partition coefficient (Wildman–Crippen LogP) is 1.48. The zero-order valence-corrected chi connectivity index (χ0v) is 23.0. The fourth-order valence-electron chi connectivity index (χ4n) is 6.10. The summed E-state index contributed by atoms with van der Waals surface area (Å²) in [7, 11) is 1.64. The molecule has 212 valence electrons. The van der Waals surface area contributed by atoms with Crippen LogP contribution in [0, 0.1) is 11.8 Å². The molecule has 3 atom stereocenters. The molecule has 3 aliphatic rings. The third kappa shape index (κ3) is 5.49. The number of nitrogens with zero attached hydrogens (tertiary/aromatic N) is 6. The van der Waals surface area contributed by atoms with E-state index in [-0.39, 0.29) is 17.7 Å². The van der Waals surface area contributed by atoms with E-state index in [2.05, 4.69) is 48.2 Å². The SMILES string of the molecule is CNC(=O)C1COCCN1CC#Cc1cc(N2C3CCC2CN(c2cc(-c4ccccc4O)nnc2N)C3)ccn1. The van der Waals surface area contributed by atoms with Crippen LogP contribution in [0.25, 0.3) is 11.3 Å². The Morgan fingerprint density at radius 2 is 1.98 bits per heavy atom. The van der Waals surface area contributed by atoms with Crippen LogP contribution in [0.4, 0.5) is 17.2 Å². The van der Waals surface area contributed by atoms with Crippen LogP contribution in [-0.4, -0.2) is 95.7 Å². The van der Waals surface area contributed by atoms with Crippen LogP contribution in [0.5, 0.6) is 5.75 Å². The Balaban J connectivity index is 1.17. The number of hydrogen-bond acceptors (Lipinski definition) is 10. The number of amides is 1.